The van der Waals surface area contributed by atoms with Gasteiger partial charge in [0.1, 0.15) is 5.82 Å². The maximum Gasteiger partial charge on any atom is 0.169 e. The Morgan fingerprint density at radius 2 is 2.00 bits per heavy atom. The lowest BCUT2D eigenvalue weighted by molar-refractivity contribution is 0.0993. The molecular formula is C16H11ClFNO. The molecule has 0 fully saturated rings. The molecule has 100 valence electrons. The number of aromatic nitrogens is 1. The Kier molecular flexibility index (Phi) is 3.28. The molecule has 0 unspecified atom stereocenters. The number of carbonyl (C=O) groups is 1. The van der Waals surface area contributed by atoms with E-state index in [0.29, 0.717) is 16.1 Å². The zero-order chi connectivity index (χ0) is 14.1. The van der Waals surface area contributed by atoms with Crippen LogP contribution in [0.5, 0.6) is 0 Å². The lowest BCUT2D eigenvalue weighted by Gasteiger charge is -2.02. The molecule has 0 saturated heterocycles. The van der Waals surface area contributed by atoms with Gasteiger partial charge in [-0.3, -0.25) is 4.79 Å². The van der Waals surface area contributed by atoms with Crippen molar-refractivity contribution in [1.29, 1.82) is 0 Å². The Labute approximate surface area is 120 Å². The highest BCUT2D eigenvalue weighted by Crippen LogP contribution is 2.23. The van der Waals surface area contributed by atoms with E-state index in [1.165, 1.54) is 6.07 Å². The first-order valence-corrected chi connectivity index (χ1v) is 6.56. The molecule has 3 rings (SSSR count). The summed E-state index contributed by atoms with van der Waals surface area (Å²) in [5.41, 5.74) is 1.76. The fourth-order valence-corrected chi connectivity index (χ4v) is 2.41. The minimum atomic E-state index is -0.358. The second-order valence-electron chi connectivity index (χ2n) is 4.58. The number of benzene rings is 2. The Balaban J connectivity index is 1.95. The lowest BCUT2D eigenvalue weighted by Crippen LogP contribution is -2.04. The Bertz CT molecular complexity index is 794. The van der Waals surface area contributed by atoms with E-state index in [1.807, 2.05) is 0 Å². The van der Waals surface area contributed by atoms with Crippen molar-refractivity contribution < 1.29 is 9.18 Å². The number of H-pyrrole nitrogens is 1. The van der Waals surface area contributed by atoms with Crippen LogP contribution in [0.4, 0.5) is 4.39 Å². The van der Waals surface area contributed by atoms with E-state index in [-0.39, 0.29) is 18.0 Å². The molecule has 0 atom stereocenters. The molecule has 1 heterocycles. The minimum absolute atomic E-state index is 0.0439. The van der Waals surface area contributed by atoms with Crippen LogP contribution in [0, 0.1) is 5.82 Å². The number of hydrogen-bond acceptors (Lipinski definition) is 1. The molecule has 0 spiro atoms. The van der Waals surface area contributed by atoms with Crippen molar-refractivity contribution in [2.45, 2.75) is 6.42 Å². The number of aromatic amines is 1. The van der Waals surface area contributed by atoms with Gasteiger partial charge in [-0.25, -0.2) is 4.39 Å². The summed E-state index contributed by atoms with van der Waals surface area (Å²) in [5, 5.41) is 1.41. The number of halogens is 2. The Hall–Kier alpha value is -2.13. The van der Waals surface area contributed by atoms with Crippen molar-refractivity contribution >= 4 is 28.3 Å². The number of rotatable bonds is 3. The van der Waals surface area contributed by atoms with Gasteiger partial charge in [0.15, 0.2) is 5.78 Å². The van der Waals surface area contributed by atoms with E-state index in [9.17, 15) is 9.18 Å². The Morgan fingerprint density at radius 3 is 2.80 bits per heavy atom. The van der Waals surface area contributed by atoms with Gasteiger partial charge in [-0.2, -0.15) is 0 Å². The third kappa shape index (κ3) is 2.32. The maximum absolute atomic E-state index is 13.6. The largest absolute Gasteiger partial charge is 0.360 e. The molecule has 0 aliphatic heterocycles. The van der Waals surface area contributed by atoms with E-state index in [2.05, 4.69) is 4.98 Å². The van der Waals surface area contributed by atoms with Crippen LogP contribution in [-0.2, 0) is 6.42 Å². The van der Waals surface area contributed by atoms with Crippen molar-refractivity contribution in [3.05, 3.63) is 70.6 Å². The molecule has 3 aromatic rings. The normalized spacial score (nSPS) is 10.9. The van der Waals surface area contributed by atoms with E-state index >= 15 is 0 Å². The van der Waals surface area contributed by atoms with Crippen LogP contribution in [0.25, 0.3) is 10.9 Å². The summed E-state index contributed by atoms with van der Waals surface area (Å²) >= 11 is 5.90. The molecule has 2 aromatic carbocycles. The summed E-state index contributed by atoms with van der Waals surface area (Å²) in [6, 6.07) is 11.6. The highest BCUT2D eigenvalue weighted by atomic mass is 35.5. The number of ketones is 1. The van der Waals surface area contributed by atoms with Crippen LogP contribution < -0.4 is 0 Å². The number of fused-ring (bicyclic) bond motifs is 1. The number of carbonyl (C=O) groups excluding carboxylic acids is 1. The summed E-state index contributed by atoms with van der Waals surface area (Å²) in [6.07, 6.45) is 1.69. The molecule has 0 bridgehead atoms. The zero-order valence-electron chi connectivity index (χ0n) is 10.5. The molecule has 0 radical (unpaired) electrons. The summed E-state index contributed by atoms with van der Waals surface area (Å²) in [5.74, 6) is -0.479. The second-order valence-corrected chi connectivity index (χ2v) is 5.02. The van der Waals surface area contributed by atoms with E-state index in [4.69, 9.17) is 11.6 Å². The van der Waals surface area contributed by atoms with Crippen molar-refractivity contribution in [2.75, 3.05) is 0 Å². The zero-order valence-corrected chi connectivity index (χ0v) is 11.2. The SMILES string of the molecule is O=C(Cc1ccccc1F)c1c[nH]c2cc(Cl)ccc12. The fourth-order valence-electron chi connectivity index (χ4n) is 2.24. The maximum atomic E-state index is 13.6. The number of Topliss-reactive ketones (excluding diaryl/α,β-unsaturated/α-hetero) is 1. The summed E-state index contributed by atoms with van der Waals surface area (Å²) in [4.78, 5) is 15.3. The van der Waals surface area contributed by atoms with Gasteiger partial charge in [0, 0.05) is 34.1 Å². The monoisotopic (exact) mass is 287 g/mol. The first-order chi connectivity index (χ1) is 9.65. The van der Waals surface area contributed by atoms with Gasteiger partial charge in [0.2, 0.25) is 0 Å². The molecule has 1 N–H and O–H groups in total. The summed E-state index contributed by atoms with van der Waals surface area (Å²) in [6.45, 7) is 0. The van der Waals surface area contributed by atoms with Crippen molar-refractivity contribution in [2.24, 2.45) is 0 Å². The third-order valence-corrected chi connectivity index (χ3v) is 3.49. The van der Waals surface area contributed by atoms with Crippen molar-refractivity contribution in [1.82, 2.24) is 4.98 Å². The molecular weight excluding hydrogens is 277 g/mol. The van der Waals surface area contributed by atoms with Crippen LogP contribution in [0.1, 0.15) is 15.9 Å². The van der Waals surface area contributed by atoms with Crippen LogP contribution in [0.15, 0.2) is 48.7 Å². The lowest BCUT2D eigenvalue weighted by atomic mass is 10.0. The highest BCUT2D eigenvalue weighted by Gasteiger charge is 2.14. The number of nitrogens with one attached hydrogen (secondary N) is 1. The van der Waals surface area contributed by atoms with E-state index < -0.39 is 0 Å². The van der Waals surface area contributed by atoms with Gasteiger partial charge < -0.3 is 4.98 Å². The molecule has 0 amide bonds. The first kappa shape index (κ1) is 12.9. The summed E-state index contributed by atoms with van der Waals surface area (Å²) in [7, 11) is 0. The third-order valence-electron chi connectivity index (χ3n) is 3.25. The van der Waals surface area contributed by atoms with E-state index in [0.717, 1.165) is 10.9 Å². The predicted molar refractivity (Wildman–Crippen MR) is 77.7 cm³/mol. The number of hydrogen-bond donors (Lipinski definition) is 1. The molecule has 0 saturated carbocycles. The van der Waals surface area contributed by atoms with Crippen LogP contribution in [-0.4, -0.2) is 10.8 Å². The molecule has 4 heteroatoms. The van der Waals surface area contributed by atoms with Gasteiger partial charge >= 0.3 is 0 Å². The average Bonchev–Trinajstić information content (AvgIpc) is 2.84. The first-order valence-electron chi connectivity index (χ1n) is 6.18. The second kappa shape index (κ2) is 5.10. The molecule has 0 aliphatic rings. The topological polar surface area (TPSA) is 32.9 Å². The van der Waals surface area contributed by atoms with Crippen molar-refractivity contribution in [3.8, 4) is 0 Å². The quantitative estimate of drug-likeness (QED) is 0.712. The van der Waals surface area contributed by atoms with Crippen LogP contribution >= 0.6 is 11.6 Å². The standard InChI is InChI=1S/C16H11ClFNO/c17-11-5-6-12-13(9-19-15(12)8-11)16(20)7-10-3-1-2-4-14(10)18/h1-6,8-9,19H,7H2. The van der Waals surface area contributed by atoms with Gasteiger partial charge in [-0.1, -0.05) is 35.9 Å². The molecule has 1 aromatic heterocycles. The fraction of sp³-hybridized carbons (Fsp3) is 0.0625. The minimum Gasteiger partial charge on any atom is -0.360 e. The van der Waals surface area contributed by atoms with Crippen LogP contribution in [0.2, 0.25) is 5.02 Å². The predicted octanol–water partition coefficient (Wildman–Crippen LogP) is 4.39. The van der Waals surface area contributed by atoms with Gasteiger partial charge in [0.05, 0.1) is 0 Å². The highest BCUT2D eigenvalue weighted by molar-refractivity contribution is 6.31. The van der Waals surface area contributed by atoms with Gasteiger partial charge in [0.25, 0.3) is 0 Å². The van der Waals surface area contributed by atoms with Gasteiger partial charge in [-0.15, -0.1) is 0 Å². The molecule has 2 nitrogen and oxygen atoms in total. The smallest absolute Gasteiger partial charge is 0.169 e. The Morgan fingerprint density at radius 1 is 1.20 bits per heavy atom. The average molecular weight is 288 g/mol. The van der Waals surface area contributed by atoms with Gasteiger partial charge in [-0.05, 0) is 23.8 Å². The van der Waals surface area contributed by atoms with E-state index in [1.54, 1.807) is 42.6 Å². The van der Waals surface area contributed by atoms with Crippen molar-refractivity contribution in [3.63, 3.8) is 0 Å². The van der Waals surface area contributed by atoms with Crippen LogP contribution in [0.3, 0.4) is 0 Å². The molecule has 0 aliphatic carbocycles. The summed E-state index contributed by atoms with van der Waals surface area (Å²) < 4.78 is 13.6. The molecule has 20 heavy (non-hydrogen) atoms.